The fraction of sp³-hybridized carbons (Fsp3) is 0.280. The molecule has 38 heavy (non-hydrogen) atoms. The number of rotatable bonds is 7. The zero-order valence-corrected chi connectivity index (χ0v) is 20.3. The van der Waals surface area contributed by atoms with Crippen molar-refractivity contribution in [1.29, 1.82) is 0 Å². The Bertz CT molecular complexity index is 1620. The summed E-state index contributed by atoms with van der Waals surface area (Å²) < 4.78 is 52.0. The SMILES string of the molecule is COc1ncnc(C2CC2)c1-c1nc(OCc2ccc(-c3nc(C(F)(F)F)cn3C)cc2)c2[nH]cnc2n1. The minimum Gasteiger partial charge on any atom is -0.480 e. The van der Waals surface area contributed by atoms with E-state index in [1.165, 1.54) is 31.4 Å². The Morgan fingerprint density at radius 1 is 1.03 bits per heavy atom. The average molecular weight is 522 g/mol. The van der Waals surface area contributed by atoms with Gasteiger partial charge in [0.05, 0.1) is 19.1 Å². The lowest BCUT2D eigenvalue weighted by molar-refractivity contribution is -0.140. The number of hydrogen-bond donors (Lipinski definition) is 1. The van der Waals surface area contributed by atoms with Crippen LogP contribution in [0.1, 0.15) is 35.7 Å². The van der Waals surface area contributed by atoms with Gasteiger partial charge in [-0.2, -0.15) is 18.2 Å². The second-order valence-electron chi connectivity index (χ2n) is 8.91. The number of aromatic nitrogens is 8. The highest BCUT2D eigenvalue weighted by Crippen LogP contribution is 2.45. The molecule has 0 atom stereocenters. The van der Waals surface area contributed by atoms with Crippen LogP contribution in [0.3, 0.4) is 0 Å². The fourth-order valence-electron chi connectivity index (χ4n) is 4.21. The van der Waals surface area contributed by atoms with Crippen LogP contribution in [0.4, 0.5) is 13.2 Å². The molecule has 5 aromatic rings. The average Bonchev–Trinajstić information content (AvgIpc) is 3.51. The molecule has 1 aromatic carbocycles. The van der Waals surface area contributed by atoms with Gasteiger partial charge in [0.15, 0.2) is 17.2 Å². The minimum absolute atomic E-state index is 0.150. The van der Waals surface area contributed by atoms with Gasteiger partial charge in [-0.05, 0) is 18.4 Å². The molecule has 0 bridgehead atoms. The number of nitrogens with one attached hydrogen (secondary N) is 1. The van der Waals surface area contributed by atoms with Gasteiger partial charge in [-0.25, -0.2) is 24.9 Å². The summed E-state index contributed by atoms with van der Waals surface area (Å²) in [4.78, 5) is 29.0. The maximum Gasteiger partial charge on any atom is 0.434 e. The summed E-state index contributed by atoms with van der Waals surface area (Å²) in [5.74, 6) is 1.54. The van der Waals surface area contributed by atoms with E-state index in [9.17, 15) is 13.2 Å². The lowest BCUT2D eigenvalue weighted by Gasteiger charge is -2.12. The first-order chi connectivity index (χ1) is 18.3. The van der Waals surface area contributed by atoms with Crippen molar-refractivity contribution in [3.63, 3.8) is 0 Å². The highest BCUT2D eigenvalue weighted by Gasteiger charge is 2.35. The number of imidazole rings is 2. The smallest absolute Gasteiger partial charge is 0.434 e. The van der Waals surface area contributed by atoms with Gasteiger partial charge in [-0.1, -0.05) is 24.3 Å². The maximum atomic E-state index is 13.0. The van der Waals surface area contributed by atoms with Gasteiger partial charge in [0.25, 0.3) is 0 Å². The highest BCUT2D eigenvalue weighted by atomic mass is 19.4. The van der Waals surface area contributed by atoms with Gasteiger partial charge in [-0.15, -0.1) is 0 Å². The van der Waals surface area contributed by atoms with E-state index in [0.717, 1.165) is 30.3 Å². The van der Waals surface area contributed by atoms with Crippen molar-refractivity contribution in [1.82, 2.24) is 39.5 Å². The van der Waals surface area contributed by atoms with E-state index in [4.69, 9.17) is 9.47 Å². The molecule has 1 N–H and O–H groups in total. The van der Waals surface area contributed by atoms with Gasteiger partial charge in [0.1, 0.15) is 29.8 Å². The van der Waals surface area contributed by atoms with Crippen LogP contribution in [-0.2, 0) is 19.8 Å². The van der Waals surface area contributed by atoms with Crippen LogP contribution < -0.4 is 9.47 Å². The number of benzene rings is 1. The van der Waals surface area contributed by atoms with Crippen LogP contribution in [0.2, 0.25) is 0 Å². The van der Waals surface area contributed by atoms with Gasteiger partial charge in [-0.3, -0.25) is 0 Å². The van der Waals surface area contributed by atoms with E-state index < -0.39 is 11.9 Å². The monoisotopic (exact) mass is 522 g/mol. The molecule has 0 unspecified atom stereocenters. The third-order valence-electron chi connectivity index (χ3n) is 6.23. The summed E-state index contributed by atoms with van der Waals surface area (Å²) in [6.45, 7) is 0.150. The second-order valence-corrected chi connectivity index (χ2v) is 8.91. The topological polar surface area (TPSA) is 117 Å². The molecule has 0 aliphatic heterocycles. The first kappa shape index (κ1) is 23.8. The number of halogens is 3. The van der Waals surface area contributed by atoms with Crippen molar-refractivity contribution in [3.8, 4) is 34.5 Å². The van der Waals surface area contributed by atoms with Crippen molar-refractivity contribution in [3.05, 3.63) is 60.1 Å². The van der Waals surface area contributed by atoms with Crippen LogP contribution in [0.5, 0.6) is 11.8 Å². The van der Waals surface area contributed by atoms with E-state index in [-0.39, 0.29) is 18.3 Å². The van der Waals surface area contributed by atoms with Crippen LogP contribution in [0.25, 0.3) is 33.9 Å². The molecular weight excluding hydrogens is 501 g/mol. The van der Waals surface area contributed by atoms with E-state index in [0.29, 0.717) is 39.9 Å². The van der Waals surface area contributed by atoms with Crippen LogP contribution >= 0.6 is 0 Å². The zero-order chi connectivity index (χ0) is 26.4. The molecular formula is C25H21F3N8O2. The van der Waals surface area contributed by atoms with Crippen molar-refractivity contribution in [2.75, 3.05) is 7.11 Å². The number of methoxy groups -OCH3 is 1. The molecule has 10 nitrogen and oxygen atoms in total. The number of aryl methyl sites for hydroxylation is 1. The number of H-pyrrole nitrogens is 1. The summed E-state index contributed by atoms with van der Waals surface area (Å²) >= 11 is 0. The minimum atomic E-state index is -4.51. The van der Waals surface area contributed by atoms with E-state index in [2.05, 4.69) is 34.9 Å². The number of alkyl halides is 3. The first-order valence-corrected chi connectivity index (χ1v) is 11.7. The molecule has 13 heteroatoms. The molecule has 0 saturated heterocycles. The van der Waals surface area contributed by atoms with E-state index >= 15 is 0 Å². The summed E-state index contributed by atoms with van der Waals surface area (Å²) in [6, 6.07) is 6.94. The standard InChI is InChI=1S/C25H21F3N8O2/c1-36-9-16(25(26,27)28)33-22(36)15-5-3-13(4-6-15)10-38-24-19-21(31-11-30-19)34-20(35-24)17-18(14-7-8-14)29-12-32-23(17)37-2/h3-6,9,11-12,14H,7-8,10H2,1-2H3,(H,30,31,34,35). The lowest BCUT2D eigenvalue weighted by Crippen LogP contribution is -2.05. The van der Waals surface area contributed by atoms with E-state index in [1.54, 1.807) is 24.3 Å². The number of aromatic amines is 1. The molecule has 1 fully saturated rings. The molecule has 6 rings (SSSR count). The Balaban J connectivity index is 1.28. The normalized spacial score (nSPS) is 13.7. The number of hydrogen-bond acceptors (Lipinski definition) is 8. The third-order valence-corrected chi connectivity index (χ3v) is 6.23. The summed E-state index contributed by atoms with van der Waals surface area (Å²) in [5.41, 5.74) is 2.80. The first-order valence-electron chi connectivity index (χ1n) is 11.7. The van der Waals surface area contributed by atoms with Crippen LogP contribution in [-0.4, -0.2) is 46.6 Å². The quantitative estimate of drug-likeness (QED) is 0.327. The molecule has 1 saturated carbocycles. The van der Waals surface area contributed by atoms with Crippen molar-refractivity contribution in [2.24, 2.45) is 7.05 Å². The molecule has 4 heterocycles. The van der Waals surface area contributed by atoms with Gasteiger partial charge >= 0.3 is 6.18 Å². The van der Waals surface area contributed by atoms with E-state index in [1.807, 2.05) is 0 Å². The van der Waals surface area contributed by atoms with Crippen LogP contribution in [0.15, 0.2) is 43.1 Å². The highest BCUT2D eigenvalue weighted by molar-refractivity contribution is 5.79. The fourth-order valence-corrected chi connectivity index (χ4v) is 4.21. The Labute approximate surface area is 214 Å². The molecule has 1 aliphatic carbocycles. The molecule has 0 amide bonds. The van der Waals surface area contributed by atoms with Gasteiger partial charge < -0.3 is 19.0 Å². The Kier molecular flexibility index (Phi) is 5.69. The zero-order valence-electron chi connectivity index (χ0n) is 20.3. The Morgan fingerprint density at radius 3 is 2.50 bits per heavy atom. The van der Waals surface area contributed by atoms with Gasteiger partial charge in [0.2, 0.25) is 11.8 Å². The molecule has 194 valence electrons. The van der Waals surface area contributed by atoms with Crippen LogP contribution in [0, 0.1) is 0 Å². The van der Waals surface area contributed by atoms with Crippen molar-refractivity contribution in [2.45, 2.75) is 31.5 Å². The number of nitrogens with zero attached hydrogens (tertiary/aromatic N) is 7. The Hall–Kier alpha value is -4.55. The lowest BCUT2D eigenvalue weighted by atomic mass is 10.1. The number of ether oxygens (including phenoxy) is 2. The second kappa shape index (κ2) is 9.08. The molecule has 4 aromatic heterocycles. The maximum absolute atomic E-state index is 13.0. The summed E-state index contributed by atoms with van der Waals surface area (Å²) in [6.07, 6.45) is 1.48. The predicted molar refractivity (Wildman–Crippen MR) is 129 cm³/mol. The summed E-state index contributed by atoms with van der Waals surface area (Å²) in [7, 11) is 3.06. The molecule has 1 aliphatic rings. The number of fused-ring (bicyclic) bond motifs is 1. The largest absolute Gasteiger partial charge is 0.480 e. The predicted octanol–water partition coefficient (Wildman–Crippen LogP) is 4.69. The van der Waals surface area contributed by atoms with Gasteiger partial charge in [0, 0.05) is 24.7 Å². The third kappa shape index (κ3) is 4.40. The molecule has 0 radical (unpaired) electrons. The van der Waals surface area contributed by atoms with Crippen molar-refractivity contribution < 1.29 is 22.6 Å². The molecule has 0 spiro atoms. The Morgan fingerprint density at radius 2 is 1.82 bits per heavy atom. The van der Waals surface area contributed by atoms with Crippen molar-refractivity contribution >= 4 is 11.2 Å². The summed E-state index contributed by atoms with van der Waals surface area (Å²) in [5, 5.41) is 0.